The zero-order chi connectivity index (χ0) is 21.2. The number of benzene rings is 2. The fraction of sp³-hybridized carbons (Fsp3) is 0.227. The average molecular weight is 397 g/mol. The first-order valence-corrected chi connectivity index (χ1v) is 8.99. The average Bonchev–Trinajstić information content (AvgIpc) is 2.71. The number of ketones is 1. The van der Waals surface area contributed by atoms with Gasteiger partial charge < -0.3 is 19.5 Å². The van der Waals surface area contributed by atoms with Gasteiger partial charge in [0.05, 0.1) is 13.7 Å². The molecule has 0 aliphatic rings. The Morgan fingerprint density at radius 2 is 1.76 bits per heavy atom. The third kappa shape index (κ3) is 6.80. The minimum absolute atomic E-state index is 0.0613. The fourth-order valence-electron chi connectivity index (χ4n) is 2.40. The van der Waals surface area contributed by atoms with E-state index in [0.29, 0.717) is 29.4 Å². The lowest BCUT2D eigenvalue weighted by Crippen LogP contribution is -2.20. The van der Waals surface area contributed by atoms with Crippen LogP contribution < -0.4 is 14.8 Å². The molecule has 0 saturated heterocycles. The van der Waals surface area contributed by atoms with Crippen molar-refractivity contribution in [2.75, 3.05) is 25.6 Å². The van der Waals surface area contributed by atoms with E-state index >= 15 is 0 Å². The molecule has 0 aromatic heterocycles. The SMILES string of the molecule is CCOc1cc(/C=C/C(=O)OCC(=O)Nc2ccc(C(C)=O)cc2)ccc1OC. The number of amides is 1. The van der Waals surface area contributed by atoms with Crippen LogP contribution in [0.3, 0.4) is 0 Å². The standard InChI is InChI=1S/C22H23NO6/c1-4-28-20-13-16(5-11-19(20)27-3)6-12-22(26)29-14-21(25)23-18-9-7-17(8-10-18)15(2)24/h5-13H,4,14H2,1-3H3,(H,23,25)/b12-6+. The molecule has 0 unspecified atom stereocenters. The molecule has 2 aromatic rings. The van der Waals surface area contributed by atoms with Crippen LogP contribution in [-0.2, 0) is 14.3 Å². The number of hydrogen-bond acceptors (Lipinski definition) is 6. The van der Waals surface area contributed by atoms with Gasteiger partial charge in [-0.2, -0.15) is 0 Å². The molecule has 152 valence electrons. The second-order valence-electron chi connectivity index (χ2n) is 5.97. The van der Waals surface area contributed by atoms with E-state index in [0.717, 1.165) is 5.56 Å². The summed E-state index contributed by atoms with van der Waals surface area (Å²) in [6.07, 6.45) is 2.79. The molecule has 7 heteroatoms. The summed E-state index contributed by atoms with van der Waals surface area (Å²) in [6.45, 7) is 3.38. The number of Topliss-reactive ketones (excluding diaryl/α,β-unsaturated/α-hetero) is 1. The summed E-state index contributed by atoms with van der Waals surface area (Å²) in [5.41, 5.74) is 1.78. The minimum Gasteiger partial charge on any atom is -0.493 e. The first-order chi connectivity index (χ1) is 13.9. The second-order valence-corrected chi connectivity index (χ2v) is 5.97. The molecule has 0 aliphatic heterocycles. The third-order valence-electron chi connectivity index (χ3n) is 3.82. The van der Waals surface area contributed by atoms with E-state index in [2.05, 4.69) is 5.32 Å². The number of hydrogen-bond donors (Lipinski definition) is 1. The molecule has 0 fully saturated rings. The zero-order valence-electron chi connectivity index (χ0n) is 16.6. The van der Waals surface area contributed by atoms with Crippen LogP contribution in [0.15, 0.2) is 48.5 Å². The number of esters is 1. The van der Waals surface area contributed by atoms with E-state index in [4.69, 9.17) is 14.2 Å². The van der Waals surface area contributed by atoms with Gasteiger partial charge in [-0.1, -0.05) is 6.07 Å². The molecule has 7 nitrogen and oxygen atoms in total. The van der Waals surface area contributed by atoms with Gasteiger partial charge in [0.1, 0.15) is 0 Å². The van der Waals surface area contributed by atoms with Crippen LogP contribution in [0.2, 0.25) is 0 Å². The van der Waals surface area contributed by atoms with E-state index in [-0.39, 0.29) is 5.78 Å². The normalized spacial score (nSPS) is 10.4. The lowest BCUT2D eigenvalue weighted by Gasteiger charge is -2.09. The van der Waals surface area contributed by atoms with Crippen molar-refractivity contribution in [1.29, 1.82) is 0 Å². The lowest BCUT2D eigenvalue weighted by atomic mass is 10.1. The monoisotopic (exact) mass is 397 g/mol. The van der Waals surface area contributed by atoms with Crippen LogP contribution in [0.1, 0.15) is 29.8 Å². The molecule has 0 heterocycles. The van der Waals surface area contributed by atoms with E-state index in [9.17, 15) is 14.4 Å². The highest BCUT2D eigenvalue weighted by molar-refractivity contribution is 5.96. The maximum Gasteiger partial charge on any atom is 0.331 e. The third-order valence-corrected chi connectivity index (χ3v) is 3.82. The Labute approximate surface area is 169 Å². The van der Waals surface area contributed by atoms with E-state index < -0.39 is 18.5 Å². The highest BCUT2D eigenvalue weighted by Gasteiger charge is 2.07. The molecule has 2 aromatic carbocycles. The second kappa shape index (κ2) is 10.7. The van der Waals surface area contributed by atoms with Crippen molar-refractivity contribution in [3.05, 3.63) is 59.7 Å². The maximum absolute atomic E-state index is 11.9. The molecule has 0 atom stereocenters. The minimum atomic E-state index is -0.652. The van der Waals surface area contributed by atoms with Crippen molar-refractivity contribution in [2.45, 2.75) is 13.8 Å². The van der Waals surface area contributed by atoms with Gasteiger partial charge in [-0.3, -0.25) is 9.59 Å². The van der Waals surface area contributed by atoms with Crippen molar-refractivity contribution >= 4 is 29.4 Å². The summed E-state index contributed by atoms with van der Waals surface area (Å²) in [6, 6.07) is 11.7. The molecule has 0 radical (unpaired) electrons. The van der Waals surface area contributed by atoms with Gasteiger partial charge in [-0.05, 0) is 61.9 Å². The number of nitrogens with one attached hydrogen (secondary N) is 1. The van der Waals surface area contributed by atoms with E-state index in [1.807, 2.05) is 6.92 Å². The van der Waals surface area contributed by atoms with Crippen molar-refractivity contribution in [3.63, 3.8) is 0 Å². The Morgan fingerprint density at radius 3 is 2.38 bits per heavy atom. The Hall–Kier alpha value is -3.61. The van der Waals surface area contributed by atoms with Gasteiger partial charge in [0.15, 0.2) is 23.9 Å². The summed E-state index contributed by atoms with van der Waals surface area (Å²) >= 11 is 0. The number of methoxy groups -OCH3 is 1. The Kier molecular flexibility index (Phi) is 7.97. The van der Waals surface area contributed by atoms with Crippen LogP contribution in [0.4, 0.5) is 5.69 Å². The predicted molar refractivity (Wildman–Crippen MR) is 109 cm³/mol. The topological polar surface area (TPSA) is 90.9 Å². The van der Waals surface area contributed by atoms with Crippen LogP contribution in [0.5, 0.6) is 11.5 Å². The Bertz CT molecular complexity index is 902. The van der Waals surface area contributed by atoms with Crippen LogP contribution in [-0.4, -0.2) is 38.0 Å². The summed E-state index contributed by atoms with van der Waals surface area (Å²) < 4.78 is 15.6. The Morgan fingerprint density at radius 1 is 1.03 bits per heavy atom. The number of carbonyl (C=O) groups is 3. The van der Waals surface area contributed by atoms with Crippen LogP contribution in [0, 0.1) is 0 Å². The molecule has 29 heavy (non-hydrogen) atoms. The molecule has 1 amide bonds. The quantitative estimate of drug-likeness (QED) is 0.396. The zero-order valence-corrected chi connectivity index (χ0v) is 16.6. The Balaban J connectivity index is 1.86. The van der Waals surface area contributed by atoms with Gasteiger partial charge in [-0.25, -0.2) is 4.79 Å². The largest absolute Gasteiger partial charge is 0.493 e. The molecule has 0 spiro atoms. The summed E-state index contributed by atoms with van der Waals surface area (Å²) in [7, 11) is 1.55. The molecule has 1 N–H and O–H groups in total. The summed E-state index contributed by atoms with van der Waals surface area (Å²) in [5.74, 6) is -0.0274. The van der Waals surface area contributed by atoms with Gasteiger partial charge in [-0.15, -0.1) is 0 Å². The van der Waals surface area contributed by atoms with Gasteiger partial charge in [0.2, 0.25) is 0 Å². The number of carbonyl (C=O) groups excluding carboxylic acids is 3. The smallest absolute Gasteiger partial charge is 0.331 e. The van der Waals surface area contributed by atoms with Gasteiger partial charge >= 0.3 is 5.97 Å². The number of ether oxygens (including phenoxy) is 3. The van der Waals surface area contributed by atoms with Crippen molar-refractivity contribution in [2.24, 2.45) is 0 Å². The van der Waals surface area contributed by atoms with Crippen LogP contribution in [0.25, 0.3) is 6.08 Å². The van der Waals surface area contributed by atoms with E-state index in [1.54, 1.807) is 55.7 Å². The number of rotatable bonds is 9. The highest BCUT2D eigenvalue weighted by atomic mass is 16.5. The maximum atomic E-state index is 11.9. The first kappa shape index (κ1) is 21.7. The first-order valence-electron chi connectivity index (χ1n) is 8.99. The van der Waals surface area contributed by atoms with Gasteiger partial charge in [0.25, 0.3) is 5.91 Å². The predicted octanol–water partition coefficient (Wildman–Crippen LogP) is 3.49. The molecular weight excluding hydrogens is 374 g/mol. The number of anilines is 1. The molecule has 0 aliphatic carbocycles. The lowest BCUT2D eigenvalue weighted by molar-refractivity contribution is -0.142. The van der Waals surface area contributed by atoms with Crippen LogP contribution >= 0.6 is 0 Å². The molecule has 0 bridgehead atoms. The molecule has 2 rings (SSSR count). The van der Waals surface area contributed by atoms with Crippen molar-refractivity contribution < 1.29 is 28.6 Å². The molecular formula is C22H23NO6. The van der Waals surface area contributed by atoms with E-state index in [1.165, 1.54) is 13.0 Å². The highest BCUT2D eigenvalue weighted by Crippen LogP contribution is 2.28. The van der Waals surface area contributed by atoms with Crippen molar-refractivity contribution in [3.8, 4) is 11.5 Å². The summed E-state index contributed by atoms with van der Waals surface area (Å²) in [5, 5.41) is 2.59. The summed E-state index contributed by atoms with van der Waals surface area (Å²) in [4.78, 5) is 35.0. The fourth-order valence-corrected chi connectivity index (χ4v) is 2.40. The van der Waals surface area contributed by atoms with Crippen molar-refractivity contribution in [1.82, 2.24) is 0 Å². The van der Waals surface area contributed by atoms with Gasteiger partial charge in [0, 0.05) is 17.3 Å². The molecule has 0 saturated carbocycles.